The summed E-state index contributed by atoms with van der Waals surface area (Å²) in [5, 5.41) is 26.2. The predicted molar refractivity (Wildman–Crippen MR) is 146 cm³/mol. The highest BCUT2D eigenvalue weighted by Crippen LogP contribution is 2.24. The Bertz CT molecular complexity index is 871. The maximum absolute atomic E-state index is 12.7. The average Bonchev–Trinajstić information content (AvgIpc) is 2.85. The van der Waals surface area contributed by atoms with Crippen molar-refractivity contribution in [2.45, 2.75) is 63.4 Å². The van der Waals surface area contributed by atoms with Gasteiger partial charge in [-0.25, -0.2) is 14.4 Å². The van der Waals surface area contributed by atoms with Crippen LogP contribution in [0.5, 0.6) is 0 Å². The molecule has 2 atom stereocenters. The van der Waals surface area contributed by atoms with Crippen molar-refractivity contribution in [3.63, 3.8) is 0 Å². The zero-order valence-electron chi connectivity index (χ0n) is 23.7. The van der Waals surface area contributed by atoms with E-state index in [0.29, 0.717) is 25.8 Å². The monoisotopic (exact) mass is 571 g/mol. The van der Waals surface area contributed by atoms with E-state index in [1.807, 2.05) is 0 Å². The number of unbranched alkanes of at least 4 members (excludes halogenated alkanes) is 1. The molecule has 1 fully saturated rings. The normalized spacial score (nSPS) is 15.5. The lowest BCUT2D eigenvalue weighted by Gasteiger charge is -2.48. The van der Waals surface area contributed by atoms with Crippen molar-refractivity contribution in [3.8, 4) is 0 Å². The third-order valence-electron chi connectivity index (χ3n) is 5.52. The molecular weight excluding hydrogens is 526 g/mol. The summed E-state index contributed by atoms with van der Waals surface area (Å²) in [7, 11) is 0. The number of amides is 4. The Labute approximate surface area is 235 Å². The molecule has 40 heavy (non-hydrogen) atoms. The number of nitrogens with one attached hydrogen (secondary N) is 2. The minimum Gasteiger partial charge on any atom is -0.445 e. The highest BCUT2D eigenvalue weighted by Gasteiger charge is 2.46. The number of nitrogens with two attached hydrogens (primary N) is 1. The Morgan fingerprint density at radius 2 is 1.70 bits per heavy atom. The quantitative estimate of drug-likeness (QED) is 0.0988. The molecule has 0 aromatic rings. The highest BCUT2D eigenvalue weighted by molar-refractivity contribution is 5.82. The summed E-state index contributed by atoms with van der Waals surface area (Å²) in [5.74, 6) is -0.340. The van der Waals surface area contributed by atoms with Crippen LogP contribution in [-0.4, -0.2) is 120 Å². The van der Waals surface area contributed by atoms with Gasteiger partial charge >= 0.3 is 18.3 Å². The van der Waals surface area contributed by atoms with Crippen molar-refractivity contribution in [2.75, 3.05) is 52.5 Å². The fourth-order valence-corrected chi connectivity index (χ4v) is 3.76. The first-order chi connectivity index (χ1) is 18.7. The molecular formula is C26H45N5O9. The molecule has 0 saturated carbocycles. The summed E-state index contributed by atoms with van der Waals surface area (Å²) in [6, 6.07) is -0.784. The summed E-state index contributed by atoms with van der Waals surface area (Å²) in [4.78, 5) is 50.9. The highest BCUT2D eigenvalue weighted by atomic mass is 16.6. The topological polar surface area (TPSA) is 193 Å². The summed E-state index contributed by atoms with van der Waals surface area (Å²) in [6.07, 6.45) is 1.09. The molecule has 1 aliphatic heterocycles. The molecule has 0 bridgehead atoms. The fourth-order valence-electron chi connectivity index (χ4n) is 3.76. The number of carbonyl (C=O) groups is 4. The second-order valence-corrected chi connectivity index (χ2v) is 10.6. The van der Waals surface area contributed by atoms with Crippen LogP contribution >= 0.6 is 0 Å². The number of nitrogens with zero attached hydrogens (tertiary/aromatic N) is 2. The van der Waals surface area contributed by atoms with Gasteiger partial charge in [0.05, 0.1) is 38.3 Å². The molecule has 1 saturated heterocycles. The van der Waals surface area contributed by atoms with Gasteiger partial charge in [-0.1, -0.05) is 25.3 Å². The smallest absolute Gasteiger partial charge is 0.410 e. The number of hydrogen-bond acceptors (Lipinski definition) is 10. The Hall–Kier alpha value is -3.36. The van der Waals surface area contributed by atoms with E-state index in [1.54, 1.807) is 20.8 Å². The van der Waals surface area contributed by atoms with Crippen molar-refractivity contribution in [1.29, 1.82) is 0 Å². The van der Waals surface area contributed by atoms with Crippen LogP contribution in [0.2, 0.25) is 0 Å². The molecule has 0 aromatic heterocycles. The van der Waals surface area contributed by atoms with Gasteiger partial charge < -0.3 is 50.6 Å². The standard InChI is InChI=1S/C26H45N5O9/c1-6-12-38-22(34)29-14-19(32)15-30(24(36)39-13-7-2)16-26(37)17-31(18-26)21(33)20(27)10-8-9-11-28-23(35)40-25(3,4)5/h6-7,19-20,32,37H,1-2,8-18,27H2,3-5H3,(H,28,35)(H,29,34)/t19-,20-/m0/s1. The first-order valence-electron chi connectivity index (χ1n) is 13.2. The minimum absolute atomic E-state index is 0.000843. The molecule has 4 amide bonds. The third-order valence-corrected chi connectivity index (χ3v) is 5.52. The molecule has 0 aliphatic carbocycles. The molecule has 0 aromatic carbocycles. The number of aliphatic hydroxyl groups excluding tert-OH is 1. The Kier molecular flexibility index (Phi) is 14.5. The van der Waals surface area contributed by atoms with Gasteiger partial charge in [0.2, 0.25) is 5.91 Å². The molecule has 1 aliphatic rings. The fraction of sp³-hybridized carbons (Fsp3) is 0.692. The zero-order valence-corrected chi connectivity index (χ0v) is 23.7. The van der Waals surface area contributed by atoms with Crippen molar-refractivity contribution in [1.82, 2.24) is 20.4 Å². The summed E-state index contributed by atoms with van der Waals surface area (Å²) >= 11 is 0. The van der Waals surface area contributed by atoms with Crippen LogP contribution in [0.1, 0.15) is 40.0 Å². The van der Waals surface area contributed by atoms with Crippen LogP contribution in [0, 0.1) is 0 Å². The number of rotatable bonds is 16. The molecule has 1 heterocycles. The largest absolute Gasteiger partial charge is 0.445 e. The number of alkyl carbamates (subject to hydrolysis) is 2. The van der Waals surface area contributed by atoms with E-state index in [1.165, 1.54) is 17.1 Å². The lowest BCUT2D eigenvalue weighted by molar-refractivity contribution is -0.159. The first kappa shape index (κ1) is 34.7. The van der Waals surface area contributed by atoms with Crippen LogP contribution in [-0.2, 0) is 19.0 Å². The molecule has 1 rings (SSSR count). The molecule has 14 heteroatoms. The van der Waals surface area contributed by atoms with Crippen molar-refractivity contribution in [3.05, 3.63) is 25.3 Å². The van der Waals surface area contributed by atoms with E-state index in [9.17, 15) is 29.4 Å². The van der Waals surface area contributed by atoms with Crippen LogP contribution in [0.25, 0.3) is 0 Å². The van der Waals surface area contributed by atoms with Crippen molar-refractivity contribution in [2.24, 2.45) is 5.73 Å². The van der Waals surface area contributed by atoms with Crippen LogP contribution in [0.4, 0.5) is 14.4 Å². The van der Waals surface area contributed by atoms with Gasteiger partial charge in [0.1, 0.15) is 24.4 Å². The second-order valence-electron chi connectivity index (χ2n) is 10.6. The number of likely N-dealkylation sites (tertiary alicyclic amines) is 1. The van der Waals surface area contributed by atoms with Gasteiger partial charge in [0.15, 0.2) is 0 Å². The van der Waals surface area contributed by atoms with Crippen molar-refractivity contribution < 1.29 is 43.6 Å². The summed E-state index contributed by atoms with van der Waals surface area (Å²) < 4.78 is 15.0. The first-order valence-corrected chi connectivity index (χ1v) is 13.2. The molecule has 0 spiro atoms. The van der Waals surface area contributed by atoms with E-state index in [4.69, 9.17) is 19.9 Å². The lowest BCUT2D eigenvalue weighted by Crippen LogP contribution is -2.70. The maximum Gasteiger partial charge on any atom is 0.410 e. The van der Waals surface area contributed by atoms with E-state index in [-0.39, 0.29) is 51.8 Å². The van der Waals surface area contributed by atoms with Gasteiger partial charge in [-0.15, -0.1) is 0 Å². The molecule has 228 valence electrons. The Balaban J connectivity index is 2.52. The zero-order chi connectivity index (χ0) is 30.3. The SMILES string of the molecule is C=CCOC(=O)NC[C@H](O)CN(CC1(O)CN(C(=O)[C@@H](N)CCCCNC(=O)OC(C)(C)C)C1)C(=O)OCC=C. The van der Waals surface area contributed by atoms with Gasteiger partial charge in [-0.3, -0.25) is 4.79 Å². The maximum atomic E-state index is 12.7. The molecule has 0 unspecified atom stereocenters. The summed E-state index contributed by atoms with van der Waals surface area (Å²) in [6.45, 7) is 11.7. The molecule has 14 nitrogen and oxygen atoms in total. The van der Waals surface area contributed by atoms with E-state index < -0.39 is 41.6 Å². The predicted octanol–water partition coefficient (Wildman–Crippen LogP) is 0.480. The summed E-state index contributed by atoms with van der Waals surface area (Å²) in [5.41, 5.74) is 4.02. The third kappa shape index (κ3) is 13.6. The van der Waals surface area contributed by atoms with Gasteiger partial charge in [0.25, 0.3) is 0 Å². The van der Waals surface area contributed by atoms with Gasteiger partial charge in [0, 0.05) is 13.1 Å². The van der Waals surface area contributed by atoms with Crippen molar-refractivity contribution >= 4 is 24.2 Å². The minimum atomic E-state index is -1.43. The van der Waals surface area contributed by atoms with Crippen LogP contribution in [0.15, 0.2) is 25.3 Å². The Morgan fingerprint density at radius 3 is 2.30 bits per heavy atom. The van der Waals surface area contributed by atoms with Gasteiger partial charge in [-0.05, 0) is 40.0 Å². The molecule has 0 radical (unpaired) electrons. The average molecular weight is 572 g/mol. The van der Waals surface area contributed by atoms with E-state index in [2.05, 4.69) is 23.8 Å². The molecule has 6 N–H and O–H groups in total. The van der Waals surface area contributed by atoms with Crippen LogP contribution < -0.4 is 16.4 Å². The van der Waals surface area contributed by atoms with Gasteiger partial charge in [-0.2, -0.15) is 0 Å². The number of ether oxygens (including phenoxy) is 3. The number of aliphatic hydroxyl groups is 2. The number of hydrogen-bond donors (Lipinski definition) is 5. The second kappa shape index (κ2) is 16.7. The Morgan fingerprint density at radius 1 is 1.07 bits per heavy atom. The van der Waals surface area contributed by atoms with E-state index in [0.717, 1.165) is 4.90 Å². The van der Waals surface area contributed by atoms with Crippen LogP contribution in [0.3, 0.4) is 0 Å². The number of β-amino-alcohol motifs (C(OH)–C–C–N with tert-alkyl or cyclic N) is 1. The van der Waals surface area contributed by atoms with E-state index >= 15 is 0 Å². The lowest BCUT2D eigenvalue weighted by atomic mass is 9.92. The number of carbonyl (C=O) groups excluding carboxylic acids is 4.